The lowest BCUT2D eigenvalue weighted by atomic mass is 9.64. The molecule has 2 saturated carbocycles. The van der Waals surface area contributed by atoms with Gasteiger partial charge in [-0.25, -0.2) is 0 Å². The van der Waals surface area contributed by atoms with Crippen LogP contribution in [0.3, 0.4) is 0 Å². The smallest absolute Gasteiger partial charge is 0.231 e. The first-order valence-electron chi connectivity index (χ1n) is 7.34. The van der Waals surface area contributed by atoms with E-state index in [9.17, 15) is 9.59 Å². The van der Waals surface area contributed by atoms with Crippen molar-refractivity contribution in [1.29, 1.82) is 0 Å². The van der Waals surface area contributed by atoms with E-state index in [4.69, 9.17) is 0 Å². The average Bonchev–Trinajstić information content (AvgIpc) is 2.72. The average molecular weight is 350 g/mol. The summed E-state index contributed by atoms with van der Waals surface area (Å²) >= 11 is 3.45. The number of ketones is 1. The van der Waals surface area contributed by atoms with E-state index in [2.05, 4.69) is 35.1 Å². The minimum atomic E-state index is -0.575. The Hall–Kier alpha value is -1.16. The van der Waals surface area contributed by atoms with Crippen LogP contribution in [0, 0.1) is 16.2 Å². The van der Waals surface area contributed by atoms with Crippen LogP contribution in [0.25, 0.3) is 0 Å². The number of nitrogens with one attached hydrogen (secondary N) is 1. The Bertz CT molecular complexity index is 639. The molecule has 0 heterocycles. The Kier molecular flexibility index (Phi) is 3.11. The van der Waals surface area contributed by atoms with Gasteiger partial charge >= 0.3 is 0 Å². The number of Topliss-reactive ketones (excluding diaryl/α,β-unsaturated/α-hetero) is 1. The van der Waals surface area contributed by atoms with Crippen LogP contribution in [0.4, 0.5) is 5.69 Å². The predicted molar refractivity (Wildman–Crippen MR) is 86.0 cm³/mol. The normalized spacial score (nSPS) is 33.2. The molecule has 2 aliphatic carbocycles. The lowest BCUT2D eigenvalue weighted by molar-refractivity contribution is -0.131. The number of fused-ring (bicyclic) bond motifs is 2. The zero-order valence-corrected chi connectivity index (χ0v) is 14.2. The number of anilines is 1. The second kappa shape index (κ2) is 4.42. The van der Waals surface area contributed by atoms with Crippen LogP contribution in [0.15, 0.2) is 28.7 Å². The van der Waals surface area contributed by atoms with E-state index in [1.165, 1.54) is 0 Å². The predicted octanol–water partition coefficient (Wildman–Crippen LogP) is 4.17. The van der Waals surface area contributed by atoms with E-state index in [1.54, 1.807) is 0 Å². The molecule has 0 saturated heterocycles. The van der Waals surface area contributed by atoms with Crippen molar-refractivity contribution >= 4 is 33.3 Å². The Morgan fingerprint density at radius 2 is 1.86 bits per heavy atom. The van der Waals surface area contributed by atoms with Crippen molar-refractivity contribution in [3.05, 3.63) is 28.7 Å². The number of amides is 1. The number of carbonyl (C=O) groups excluding carboxylic acids is 2. The second-order valence-electron chi connectivity index (χ2n) is 7.07. The summed E-state index contributed by atoms with van der Waals surface area (Å²) in [5, 5.41) is 3.03. The zero-order valence-electron chi connectivity index (χ0n) is 12.6. The summed E-state index contributed by atoms with van der Waals surface area (Å²) in [4.78, 5) is 25.4. The second-order valence-corrected chi connectivity index (χ2v) is 7.93. The molecule has 1 aromatic rings. The van der Waals surface area contributed by atoms with Gasteiger partial charge in [0.05, 0.1) is 11.1 Å². The maximum atomic E-state index is 13.0. The van der Waals surface area contributed by atoms with Crippen molar-refractivity contribution in [1.82, 2.24) is 0 Å². The van der Waals surface area contributed by atoms with Gasteiger partial charge in [-0.1, -0.05) is 32.9 Å². The monoisotopic (exact) mass is 349 g/mol. The molecule has 21 heavy (non-hydrogen) atoms. The maximum Gasteiger partial charge on any atom is 0.231 e. The van der Waals surface area contributed by atoms with Crippen LogP contribution in [0.5, 0.6) is 0 Å². The number of hydrogen-bond acceptors (Lipinski definition) is 2. The SMILES string of the molecule is CC1(C)[C@@]2(C(=O)Nc3ccccc3Br)CC[C@]1(C)C(=O)C2. The molecule has 0 aromatic heterocycles. The minimum absolute atomic E-state index is 0.0195. The van der Waals surface area contributed by atoms with E-state index in [0.29, 0.717) is 6.42 Å². The Morgan fingerprint density at radius 1 is 1.19 bits per heavy atom. The van der Waals surface area contributed by atoms with Crippen molar-refractivity contribution in [3.63, 3.8) is 0 Å². The number of para-hydroxylation sites is 1. The summed E-state index contributed by atoms with van der Waals surface area (Å²) in [7, 11) is 0. The number of rotatable bonds is 2. The highest BCUT2D eigenvalue weighted by Gasteiger charge is 2.72. The fourth-order valence-corrected chi connectivity index (χ4v) is 4.55. The number of hydrogen-bond donors (Lipinski definition) is 1. The molecule has 2 atom stereocenters. The van der Waals surface area contributed by atoms with Gasteiger partial charge in [-0.2, -0.15) is 0 Å². The summed E-state index contributed by atoms with van der Waals surface area (Å²) in [6, 6.07) is 7.57. The highest BCUT2D eigenvalue weighted by atomic mass is 79.9. The lowest BCUT2D eigenvalue weighted by Crippen LogP contribution is -2.43. The molecule has 2 aliphatic rings. The fourth-order valence-electron chi connectivity index (χ4n) is 4.17. The molecule has 112 valence electrons. The van der Waals surface area contributed by atoms with E-state index in [0.717, 1.165) is 23.0 Å². The molecule has 4 heteroatoms. The molecule has 3 rings (SSSR count). The van der Waals surface area contributed by atoms with Gasteiger partial charge < -0.3 is 5.32 Å². The molecule has 0 unspecified atom stereocenters. The van der Waals surface area contributed by atoms with Crippen molar-refractivity contribution in [2.75, 3.05) is 5.32 Å². The molecule has 1 amide bonds. The quantitative estimate of drug-likeness (QED) is 0.870. The highest BCUT2D eigenvalue weighted by molar-refractivity contribution is 9.10. The Morgan fingerprint density at radius 3 is 2.38 bits per heavy atom. The highest BCUT2D eigenvalue weighted by Crippen LogP contribution is 2.70. The first-order chi connectivity index (χ1) is 9.74. The molecule has 3 nitrogen and oxygen atoms in total. The van der Waals surface area contributed by atoms with Crippen molar-refractivity contribution in [2.45, 2.75) is 40.0 Å². The molecule has 2 bridgehead atoms. The van der Waals surface area contributed by atoms with E-state index in [1.807, 2.05) is 31.2 Å². The lowest BCUT2D eigenvalue weighted by Gasteiger charge is -2.38. The summed E-state index contributed by atoms with van der Waals surface area (Å²) in [5.41, 5.74) is -0.477. The molecular formula is C17H20BrNO2. The third-order valence-electron chi connectivity index (χ3n) is 6.26. The molecule has 2 fully saturated rings. The topological polar surface area (TPSA) is 46.2 Å². The van der Waals surface area contributed by atoms with E-state index in [-0.39, 0.29) is 22.5 Å². The van der Waals surface area contributed by atoms with Gasteiger partial charge in [-0.05, 0) is 46.3 Å². The van der Waals surface area contributed by atoms with Crippen molar-refractivity contribution < 1.29 is 9.59 Å². The Labute approximate surface area is 133 Å². The van der Waals surface area contributed by atoms with Crippen LogP contribution in [-0.2, 0) is 9.59 Å². The van der Waals surface area contributed by atoms with Crippen molar-refractivity contribution in [2.24, 2.45) is 16.2 Å². The molecule has 0 radical (unpaired) electrons. The third kappa shape index (κ3) is 1.71. The van der Waals surface area contributed by atoms with Crippen LogP contribution < -0.4 is 5.32 Å². The molecule has 0 aliphatic heterocycles. The van der Waals surface area contributed by atoms with Gasteiger partial charge in [0.25, 0.3) is 0 Å². The zero-order chi connectivity index (χ0) is 15.5. The van der Waals surface area contributed by atoms with Crippen LogP contribution in [0.2, 0.25) is 0 Å². The first-order valence-corrected chi connectivity index (χ1v) is 8.13. The van der Waals surface area contributed by atoms with E-state index >= 15 is 0 Å². The molecule has 0 spiro atoms. The summed E-state index contributed by atoms with van der Waals surface area (Å²) in [6.45, 7) is 6.17. The van der Waals surface area contributed by atoms with Crippen LogP contribution in [0.1, 0.15) is 40.0 Å². The minimum Gasteiger partial charge on any atom is -0.325 e. The van der Waals surface area contributed by atoms with Gasteiger partial charge in [0.1, 0.15) is 5.78 Å². The standard InChI is InChI=1S/C17H20BrNO2/c1-15(2)16(3)8-9-17(15,10-13(16)20)14(21)19-12-7-5-4-6-11(12)18/h4-7H,8-10H2,1-3H3,(H,19,21)/t16-,17+/m1/s1. The van der Waals surface area contributed by atoms with Gasteiger partial charge in [0, 0.05) is 16.3 Å². The summed E-state index contributed by atoms with van der Waals surface area (Å²) in [6.07, 6.45) is 1.97. The maximum absolute atomic E-state index is 13.0. The van der Waals surface area contributed by atoms with Crippen molar-refractivity contribution in [3.8, 4) is 0 Å². The fraction of sp³-hybridized carbons (Fsp3) is 0.529. The number of carbonyl (C=O) groups is 2. The largest absolute Gasteiger partial charge is 0.325 e. The Balaban J connectivity index is 1.96. The van der Waals surface area contributed by atoms with Gasteiger partial charge in [-0.3, -0.25) is 9.59 Å². The molecule has 1 N–H and O–H groups in total. The number of benzene rings is 1. The summed E-state index contributed by atoms with van der Waals surface area (Å²) in [5.74, 6) is 0.218. The summed E-state index contributed by atoms with van der Waals surface area (Å²) < 4.78 is 0.859. The van der Waals surface area contributed by atoms with E-state index < -0.39 is 5.41 Å². The van der Waals surface area contributed by atoms with Crippen LogP contribution in [-0.4, -0.2) is 11.7 Å². The van der Waals surface area contributed by atoms with Gasteiger partial charge in [0.2, 0.25) is 5.91 Å². The van der Waals surface area contributed by atoms with Gasteiger partial charge in [0.15, 0.2) is 0 Å². The third-order valence-corrected chi connectivity index (χ3v) is 6.95. The van der Waals surface area contributed by atoms with Gasteiger partial charge in [-0.15, -0.1) is 0 Å². The number of halogens is 1. The molecule has 1 aromatic carbocycles. The first kappa shape index (κ1) is 14.8. The molecular weight excluding hydrogens is 330 g/mol. The van der Waals surface area contributed by atoms with Crippen LogP contribution >= 0.6 is 15.9 Å².